The van der Waals surface area contributed by atoms with E-state index in [4.69, 9.17) is 9.47 Å². The van der Waals surface area contributed by atoms with Crippen LogP contribution in [0.1, 0.15) is 44.7 Å². The van der Waals surface area contributed by atoms with Gasteiger partial charge in [0.15, 0.2) is 0 Å². The molecule has 140 valence electrons. The van der Waals surface area contributed by atoms with E-state index < -0.39 is 0 Å². The van der Waals surface area contributed by atoms with Gasteiger partial charge in [0, 0.05) is 24.1 Å². The molecule has 0 radical (unpaired) electrons. The summed E-state index contributed by atoms with van der Waals surface area (Å²) in [4.78, 5) is 25.1. The first-order valence-corrected chi connectivity index (χ1v) is 9.08. The molecular formula is C21H22N2O4. The molecule has 1 fully saturated rings. The molecule has 0 bridgehead atoms. The predicted molar refractivity (Wildman–Crippen MR) is 100 cm³/mol. The fourth-order valence-corrected chi connectivity index (χ4v) is 3.65. The summed E-state index contributed by atoms with van der Waals surface area (Å²) in [5, 5.41) is 5.58. The van der Waals surface area contributed by atoms with Gasteiger partial charge in [-0.25, -0.2) is 0 Å². The SMILES string of the molecule is CNC(=O)c1cc(C(=O)NC2COC2)cc2c1O[C@H](C)[C@H]2c1ccccc1. The lowest BCUT2D eigenvalue weighted by Gasteiger charge is -2.27. The minimum Gasteiger partial charge on any atom is -0.489 e. The third-order valence-electron chi connectivity index (χ3n) is 5.09. The second-order valence-electron chi connectivity index (χ2n) is 6.94. The fraction of sp³-hybridized carbons (Fsp3) is 0.333. The number of benzene rings is 2. The second kappa shape index (κ2) is 7.04. The molecule has 6 nitrogen and oxygen atoms in total. The Morgan fingerprint density at radius 3 is 2.44 bits per heavy atom. The summed E-state index contributed by atoms with van der Waals surface area (Å²) in [6.45, 7) is 3.02. The first-order chi connectivity index (χ1) is 13.1. The van der Waals surface area contributed by atoms with Crippen molar-refractivity contribution >= 4 is 11.8 Å². The zero-order valence-corrected chi connectivity index (χ0v) is 15.3. The lowest BCUT2D eigenvalue weighted by molar-refractivity contribution is -0.00346. The van der Waals surface area contributed by atoms with Crippen molar-refractivity contribution in [2.24, 2.45) is 0 Å². The van der Waals surface area contributed by atoms with E-state index in [2.05, 4.69) is 10.6 Å². The number of hydrogen-bond acceptors (Lipinski definition) is 4. The molecule has 27 heavy (non-hydrogen) atoms. The molecule has 0 unspecified atom stereocenters. The predicted octanol–water partition coefficient (Wildman–Crippen LogP) is 2.09. The van der Waals surface area contributed by atoms with Gasteiger partial charge in [0.05, 0.1) is 24.8 Å². The van der Waals surface area contributed by atoms with Gasteiger partial charge in [-0.05, 0) is 24.6 Å². The van der Waals surface area contributed by atoms with Gasteiger partial charge in [-0.2, -0.15) is 0 Å². The monoisotopic (exact) mass is 366 g/mol. The summed E-state index contributed by atoms with van der Waals surface area (Å²) >= 11 is 0. The smallest absolute Gasteiger partial charge is 0.254 e. The molecule has 2 aliphatic heterocycles. The molecule has 2 heterocycles. The minimum absolute atomic E-state index is 0.0225. The van der Waals surface area contributed by atoms with E-state index in [-0.39, 0.29) is 29.9 Å². The third-order valence-corrected chi connectivity index (χ3v) is 5.09. The van der Waals surface area contributed by atoms with Crippen LogP contribution in [0.5, 0.6) is 5.75 Å². The quantitative estimate of drug-likeness (QED) is 0.869. The summed E-state index contributed by atoms with van der Waals surface area (Å²) in [7, 11) is 1.57. The van der Waals surface area contributed by atoms with E-state index in [9.17, 15) is 9.59 Å². The maximum Gasteiger partial charge on any atom is 0.254 e. The number of carbonyl (C=O) groups excluding carboxylic acids is 2. The van der Waals surface area contributed by atoms with Crippen LogP contribution in [0.4, 0.5) is 0 Å². The highest BCUT2D eigenvalue weighted by Gasteiger charge is 2.36. The van der Waals surface area contributed by atoms with Crippen LogP contribution in [0, 0.1) is 0 Å². The Balaban J connectivity index is 1.78. The molecule has 0 aliphatic carbocycles. The summed E-state index contributed by atoms with van der Waals surface area (Å²) in [6.07, 6.45) is -0.135. The van der Waals surface area contributed by atoms with Crippen LogP contribution in [-0.2, 0) is 4.74 Å². The van der Waals surface area contributed by atoms with Gasteiger partial charge in [-0.3, -0.25) is 9.59 Å². The largest absolute Gasteiger partial charge is 0.489 e. The Bertz CT molecular complexity index is 877. The topological polar surface area (TPSA) is 76.7 Å². The van der Waals surface area contributed by atoms with Crippen LogP contribution in [-0.4, -0.2) is 44.2 Å². The van der Waals surface area contributed by atoms with Gasteiger partial charge in [0.2, 0.25) is 0 Å². The first-order valence-electron chi connectivity index (χ1n) is 9.08. The molecule has 2 N–H and O–H groups in total. The van der Waals surface area contributed by atoms with Crippen molar-refractivity contribution in [1.29, 1.82) is 0 Å². The summed E-state index contributed by atoms with van der Waals surface area (Å²) in [5.74, 6) is 0.0417. The number of fused-ring (bicyclic) bond motifs is 1. The van der Waals surface area contributed by atoms with E-state index in [1.165, 1.54) is 0 Å². The van der Waals surface area contributed by atoms with Crippen LogP contribution in [0.15, 0.2) is 42.5 Å². The number of nitrogens with one attached hydrogen (secondary N) is 2. The summed E-state index contributed by atoms with van der Waals surface area (Å²) < 4.78 is 11.2. The summed E-state index contributed by atoms with van der Waals surface area (Å²) in [5.41, 5.74) is 2.80. The van der Waals surface area contributed by atoms with Crippen molar-refractivity contribution in [3.63, 3.8) is 0 Å². The molecule has 0 saturated carbocycles. The van der Waals surface area contributed by atoms with Gasteiger partial charge in [-0.15, -0.1) is 0 Å². The maximum absolute atomic E-state index is 12.7. The van der Waals surface area contributed by atoms with Crippen molar-refractivity contribution in [3.05, 3.63) is 64.7 Å². The number of carbonyl (C=O) groups is 2. The second-order valence-corrected chi connectivity index (χ2v) is 6.94. The standard InChI is InChI=1S/C21H22N2O4/c1-12-18(13-6-4-3-5-7-13)16-8-14(20(24)23-15-10-26-11-15)9-17(19(16)27-12)21(25)22-2/h3-9,12,15,18H,10-11H2,1-2H3,(H,22,25)(H,23,24)/t12-,18+/m1/s1. The molecule has 6 heteroatoms. The van der Waals surface area contributed by atoms with E-state index in [1.54, 1.807) is 13.1 Å². The van der Waals surface area contributed by atoms with Gasteiger partial charge >= 0.3 is 0 Å². The molecule has 0 aromatic heterocycles. The third kappa shape index (κ3) is 3.17. The van der Waals surface area contributed by atoms with E-state index in [1.807, 2.05) is 43.3 Å². The minimum atomic E-state index is -0.270. The van der Waals surface area contributed by atoms with Crippen LogP contribution >= 0.6 is 0 Å². The van der Waals surface area contributed by atoms with Gasteiger partial charge in [0.25, 0.3) is 11.8 Å². The van der Waals surface area contributed by atoms with E-state index in [0.29, 0.717) is 30.1 Å². The molecule has 2 aromatic rings. The Morgan fingerprint density at radius 2 is 1.81 bits per heavy atom. The maximum atomic E-state index is 12.7. The van der Waals surface area contributed by atoms with E-state index >= 15 is 0 Å². The van der Waals surface area contributed by atoms with Crippen molar-refractivity contribution in [1.82, 2.24) is 10.6 Å². The lowest BCUT2D eigenvalue weighted by Crippen LogP contribution is -2.48. The normalized spacial score (nSPS) is 21.0. The molecule has 2 atom stereocenters. The zero-order valence-electron chi connectivity index (χ0n) is 15.3. The lowest BCUT2D eigenvalue weighted by atomic mass is 9.87. The molecule has 2 amide bonds. The van der Waals surface area contributed by atoms with Crippen molar-refractivity contribution in [2.75, 3.05) is 20.3 Å². The van der Waals surface area contributed by atoms with Crippen molar-refractivity contribution in [2.45, 2.75) is 25.0 Å². The molecule has 1 saturated heterocycles. The highest BCUT2D eigenvalue weighted by atomic mass is 16.5. The number of rotatable bonds is 4. The van der Waals surface area contributed by atoms with Crippen LogP contribution < -0.4 is 15.4 Å². The number of ether oxygens (including phenoxy) is 2. The zero-order chi connectivity index (χ0) is 19.0. The summed E-state index contributed by atoms with van der Waals surface area (Å²) in [6, 6.07) is 13.5. The average Bonchev–Trinajstić information content (AvgIpc) is 2.99. The van der Waals surface area contributed by atoms with Crippen LogP contribution in [0.2, 0.25) is 0 Å². The Hall–Kier alpha value is -2.86. The van der Waals surface area contributed by atoms with Gasteiger partial charge in [0.1, 0.15) is 11.9 Å². The first kappa shape index (κ1) is 17.5. The van der Waals surface area contributed by atoms with Crippen LogP contribution in [0.3, 0.4) is 0 Å². The Labute approximate surface area is 157 Å². The van der Waals surface area contributed by atoms with Gasteiger partial charge in [-0.1, -0.05) is 30.3 Å². The van der Waals surface area contributed by atoms with Gasteiger partial charge < -0.3 is 20.1 Å². The molecule has 0 spiro atoms. The number of hydrogen-bond donors (Lipinski definition) is 2. The Morgan fingerprint density at radius 1 is 1.07 bits per heavy atom. The molecule has 2 aliphatic rings. The highest BCUT2D eigenvalue weighted by Crippen LogP contribution is 2.44. The Kier molecular flexibility index (Phi) is 4.58. The van der Waals surface area contributed by atoms with Crippen molar-refractivity contribution < 1.29 is 19.1 Å². The highest BCUT2D eigenvalue weighted by molar-refractivity contribution is 6.02. The van der Waals surface area contributed by atoms with E-state index in [0.717, 1.165) is 11.1 Å². The molecular weight excluding hydrogens is 344 g/mol. The average molecular weight is 366 g/mol. The fourth-order valence-electron chi connectivity index (χ4n) is 3.65. The molecule has 4 rings (SSSR count). The molecule has 2 aromatic carbocycles. The van der Waals surface area contributed by atoms with Crippen molar-refractivity contribution in [3.8, 4) is 5.75 Å². The number of amides is 2. The van der Waals surface area contributed by atoms with Crippen LogP contribution in [0.25, 0.3) is 0 Å².